The van der Waals surface area contributed by atoms with Gasteiger partial charge in [-0.15, -0.1) is 0 Å². The molecule has 0 radical (unpaired) electrons. The van der Waals surface area contributed by atoms with Crippen LogP contribution in [-0.2, 0) is 9.47 Å². The van der Waals surface area contributed by atoms with Crippen molar-refractivity contribution in [2.75, 3.05) is 13.2 Å². The van der Waals surface area contributed by atoms with Crippen LogP contribution in [-0.4, -0.2) is 19.5 Å². The molecule has 2 rings (SSSR count). The second-order valence-corrected chi connectivity index (χ2v) is 4.20. The average Bonchev–Trinajstić information content (AvgIpc) is 2.45. The molecular weight excluding hydrogens is 226 g/mol. The van der Waals surface area contributed by atoms with E-state index in [1.807, 2.05) is 36.4 Å². The van der Waals surface area contributed by atoms with Crippen LogP contribution in [0.15, 0.2) is 30.3 Å². The first-order chi connectivity index (χ1) is 8.90. The molecule has 1 atom stereocenters. The van der Waals surface area contributed by atoms with Crippen molar-refractivity contribution < 1.29 is 9.47 Å². The predicted molar refractivity (Wildman–Crippen MR) is 71.3 cm³/mol. The molecule has 1 aromatic carbocycles. The lowest BCUT2D eigenvalue weighted by Gasteiger charge is -2.21. The monoisotopic (exact) mass is 243 g/mol. The van der Waals surface area contributed by atoms with Crippen molar-refractivity contribution in [3.63, 3.8) is 0 Å². The Morgan fingerprint density at radius 3 is 3.06 bits per heavy atom. The second-order valence-electron chi connectivity index (χ2n) is 4.20. The topological polar surface area (TPSA) is 22.8 Å². The van der Waals surface area contributed by atoms with E-state index in [9.17, 15) is 0 Å². The number of hydrogen-bond acceptors (Lipinski definition) is 2. The van der Waals surface area contributed by atoms with E-state index >= 15 is 0 Å². The lowest BCUT2D eigenvalue weighted by Crippen LogP contribution is -2.22. The summed E-state index contributed by atoms with van der Waals surface area (Å²) < 4.78 is 11.1. The highest BCUT2D eigenvalue weighted by molar-refractivity contribution is 5.67. The van der Waals surface area contributed by atoms with E-state index in [-0.39, 0.29) is 6.29 Å². The predicted octanol–water partition coefficient (Wildman–Crippen LogP) is 3.79. The summed E-state index contributed by atoms with van der Waals surface area (Å²) in [5.74, 6) is 0. The van der Waals surface area contributed by atoms with Gasteiger partial charge in [-0.25, -0.2) is 4.85 Å². The molecule has 3 nitrogen and oxygen atoms in total. The summed E-state index contributed by atoms with van der Waals surface area (Å²) in [5.41, 5.74) is 1.60. The maximum Gasteiger partial charge on any atom is 0.194 e. The fraction of sp³-hybridized carbons (Fsp3) is 0.400. The molecule has 18 heavy (non-hydrogen) atoms. The van der Waals surface area contributed by atoms with Crippen molar-refractivity contribution in [2.45, 2.75) is 25.6 Å². The summed E-state index contributed by atoms with van der Waals surface area (Å²) >= 11 is 0. The molecule has 94 valence electrons. The first-order valence-electron chi connectivity index (χ1n) is 6.26. The van der Waals surface area contributed by atoms with E-state index in [1.165, 1.54) is 6.42 Å². The first-order valence-corrected chi connectivity index (χ1v) is 6.26. The summed E-state index contributed by atoms with van der Waals surface area (Å²) in [4.78, 5) is 3.47. The van der Waals surface area contributed by atoms with Crippen LogP contribution in [0.5, 0.6) is 0 Å². The largest absolute Gasteiger partial charge is 0.353 e. The van der Waals surface area contributed by atoms with Gasteiger partial charge in [-0.3, -0.25) is 0 Å². The maximum atomic E-state index is 7.07. The minimum atomic E-state index is -0.0560. The molecular formula is C15H17NO2. The first kappa shape index (κ1) is 12.8. The molecule has 1 fully saturated rings. The zero-order valence-electron chi connectivity index (χ0n) is 10.3. The Morgan fingerprint density at radius 1 is 1.39 bits per heavy atom. The van der Waals surface area contributed by atoms with Crippen LogP contribution < -0.4 is 0 Å². The van der Waals surface area contributed by atoms with Crippen LogP contribution in [0.25, 0.3) is 10.9 Å². The molecule has 1 aliphatic heterocycles. The van der Waals surface area contributed by atoms with E-state index in [2.05, 4.69) is 4.85 Å². The SMILES string of the molecule is [C-]#[N+]c1ccccc1/C=C\COC1CCCCO1. The molecule has 1 unspecified atom stereocenters. The molecule has 0 aliphatic carbocycles. The third kappa shape index (κ3) is 3.69. The average molecular weight is 243 g/mol. The second kappa shape index (κ2) is 6.95. The van der Waals surface area contributed by atoms with Gasteiger partial charge in [0.2, 0.25) is 0 Å². The van der Waals surface area contributed by atoms with Crippen molar-refractivity contribution in [1.29, 1.82) is 0 Å². The summed E-state index contributed by atoms with van der Waals surface area (Å²) in [6.07, 6.45) is 7.09. The Bertz CT molecular complexity index is 442. The van der Waals surface area contributed by atoms with E-state index in [0.29, 0.717) is 12.3 Å². The van der Waals surface area contributed by atoms with Crippen LogP contribution in [0.3, 0.4) is 0 Å². The van der Waals surface area contributed by atoms with E-state index < -0.39 is 0 Å². The molecule has 1 saturated heterocycles. The number of nitrogens with zero attached hydrogens (tertiary/aromatic N) is 1. The van der Waals surface area contributed by atoms with Gasteiger partial charge in [0, 0.05) is 6.61 Å². The Labute approximate surface area is 108 Å². The zero-order valence-corrected chi connectivity index (χ0v) is 10.3. The number of benzene rings is 1. The Morgan fingerprint density at radius 2 is 2.28 bits per heavy atom. The summed E-state index contributed by atoms with van der Waals surface area (Å²) in [6, 6.07) is 7.55. The normalized spacial score (nSPS) is 19.8. The van der Waals surface area contributed by atoms with Gasteiger partial charge in [0.05, 0.1) is 13.2 Å². The van der Waals surface area contributed by atoms with Crippen molar-refractivity contribution in [3.8, 4) is 0 Å². The Kier molecular flexibility index (Phi) is 4.95. The molecule has 0 saturated carbocycles. The van der Waals surface area contributed by atoms with Crippen molar-refractivity contribution in [1.82, 2.24) is 0 Å². The highest BCUT2D eigenvalue weighted by atomic mass is 16.7. The summed E-state index contributed by atoms with van der Waals surface area (Å²) in [5, 5.41) is 0. The fourth-order valence-electron chi connectivity index (χ4n) is 1.91. The number of para-hydroxylation sites is 1. The highest BCUT2D eigenvalue weighted by Crippen LogP contribution is 2.20. The summed E-state index contributed by atoms with van der Waals surface area (Å²) in [7, 11) is 0. The van der Waals surface area contributed by atoms with Crippen molar-refractivity contribution in [3.05, 3.63) is 47.3 Å². The molecule has 0 N–H and O–H groups in total. The van der Waals surface area contributed by atoms with Gasteiger partial charge in [0.25, 0.3) is 0 Å². The third-order valence-electron chi connectivity index (χ3n) is 2.87. The third-order valence-corrected chi connectivity index (χ3v) is 2.87. The standard InChI is InChI=1S/C15H17NO2/c1-16-14-9-3-2-7-13(14)8-6-12-18-15-10-4-5-11-17-15/h2-3,6-9,15H,4-5,10-12H2/b8-6-. The minimum absolute atomic E-state index is 0.0560. The van der Waals surface area contributed by atoms with Crippen LogP contribution >= 0.6 is 0 Å². The molecule has 0 aromatic heterocycles. The molecule has 0 spiro atoms. The Balaban J connectivity index is 1.82. The van der Waals surface area contributed by atoms with Gasteiger partial charge in [-0.05, 0) is 24.8 Å². The van der Waals surface area contributed by atoms with Crippen molar-refractivity contribution >= 4 is 11.8 Å². The smallest absolute Gasteiger partial charge is 0.194 e. The van der Waals surface area contributed by atoms with E-state index in [0.717, 1.165) is 25.0 Å². The number of ether oxygens (including phenoxy) is 2. The van der Waals surface area contributed by atoms with E-state index in [1.54, 1.807) is 0 Å². The zero-order chi connectivity index (χ0) is 12.6. The van der Waals surface area contributed by atoms with Crippen LogP contribution in [0.1, 0.15) is 24.8 Å². The van der Waals surface area contributed by atoms with Crippen LogP contribution in [0.4, 0.5) is 5.69 Å². The number of rotatable bonds is 4. The number of hydrogen-bond donors (Lipinski definition) is 0. The Hall–Kier alpha value is -1.63. The maximum absolute atomic E-state index is 7.07. The van der Waals surface area contributed by atoms with Crippen LogP contribution in [0, 0.1) is 6.57 Å². The molecule has 0 amide bonds. The van der Waals surface area contributed by atoms with Gasteiger partial charge >= 0.3 is 0 Å². The molecule has 1 aromatic rings. The quantitative estimate of drug-likeness (QED) is 0.751. The highest BCUT2D eigenvalue weighted by Gasteiger charge is 2.12. The molecule has 1 aliphatic rings. The molecule has 0 bridgehead atoms. The van der Waals surface area contributed by atoms with Crippen LogP contribution in [0.2, 0.25) is 0 Å². The van der Waals surface area contributed by atoms with Gasteiger partial charge in [0.1, 0.15) is 0 Å². The minimum Gasteiger partial charge on any atom is -0.353 e. The lowest BCUT2D eigenvalue weighted by molar-refractivity contribution is -0.155. The van der Waals surface area contributed by atoms with Gasteiger partial charge in [0.15, 0.2) is 12.0 Å². The lowest BCUT2D eigenvalue weighted by atomic mass is 10.1. The van der Waals surface area contributed by atoms with Crippen molar-refractivity contribution in [2.24, 2.45) is 0 Å². The summed E-state index contributed by atoms with van der Waals surface area (Å²) in [6.45, 7) is 8.39. The van der Waals surface area contributed by atoms with Gasteiger partial charge < -0.3 is 9.47 Å². The fourth-order valence-corrected chi connectivity index (χ4v) is 1.91. The molecule has 3 heteroatoms. The van der Waals surface area contributed by atoms with Gasteiger partial charge in [-0.1, -0.05) is 36.4 Å². The van der Waals surface area contributed by atoms with Gasteiger partial charge in [-0.2, -0.15) is 0 Å². The molecule has 1 heterocycles. The van der Waals surface area contributed by atoms with E-state index in [4.69, 9.17) is 16.0 Å².